The largest absolute Gasteiger partial charge is 0.472 e. The van der Waals surface area contributed by atoms with E-state index in [1.165, 1.54) is 25.7 Å². The van der Waals surface area contributed by atoms with E-state index in [-0.39, 0.29) is 19.4 Å². The van der Waals surface area contributed by atoms with Crippen LogP contribution in [-0.2, 0) is 32.7 Å². The van der Waals surface area contributed by atoms with Gasteiger partial charge in [0, 0.05) is 12.8 Å². The van der Waals surface area contributed by atoms with Crippen molar-refractivity contribution in [2.45, 2.75) is 154 Å². The third-order valence-electron chi connectivity index (χ3n) is 8.21. The number of aliphatic hydroxyl groups is 4. The van der Waals surface area contributed by atoms with Gasteiger partial charge < -0.3 is 34.8 Å². The lowest BCUT2D eigenvalue weighted by Crippen LogP contribution is -2.29. The molecule has 0 rings (SSSR count). The van der Waals surface area contributed by atoms with Gasteiger partial charge >= 0.3 is 19.8 Å². The summed E-state index contributed by atoms with van der Waals surface area (Å²) < 4.78 is 32.5. The molecule has 5 atom stereocenters. The van der Waals surface area contributed by atoms with Crippen LogP contribution in [0.1, 0.15) is 129 Å². The Labute approximate surface area is 342 Å². The first-order valence-electron chi connectivity index (χ1n) is 20.8. The highest BCUT2D eigenvalue weighted by Crippen LogP contribution is 2.43. The molecule has 0 aromatic rings. The van der Waals surface area contributed by atoms with Crippen molar-refractivity contribution in [1.29, 1.82) is 0 Å². The van der Waals surface area contributed by atoms with Gasteiger partial charge in [-0.05, 0) is 64.2 Å². The van der Waals surface area contributed by atoms with Crippen molar-refractivity contribution >= 4 is 19.8 Å². The molecular weight excluding hydrogens is 751 g/mol. The van der Waals surface area contributed by atoms with Crippen LogP contribution in [0.2, 0.25) is 0 Å². The van der Waals surface area contributed by atoms with Gasteiger partial charge in [0.15, 0.2) is 6.10 Å². The van der Waals surface area contributed by atoms with Crippen LogP contribution < -0.4 is 0 Å². The summed E-state index contributed by atoms with van der Waals surface area (Å²) in [4.78, 5) is 34.9. The lowest BCUT2D eigenvalue weighted by molar-refractivity contribution is -0.161. The minimum absolute atomic E-state index is 0.00350. The summed E-state index contributed by atoms with van der Waals surface area (Å²) in [6.45, 7) is 1.93. The topological polar surface area (TPSA) is 189 Å². The molecule has 326 valence electrons. The molecule has 5 N–H and O–H groups in total. The third-order valence-corrected chi connectivity index (χ3v) is 9.16. The Balaban J connectivity index is 4.61. The first-order valence-corrected chi connectivity index (χ1v) is 22.3. The molecule has 0 amide bonds. The smallest absolute Gasteiger partial charge is 0.462 e. The number of esters is 2. The number of hydrogen-bond acceptors (Lipinski definition) is 11. The Kier molecular flexibility index (Phi) is 36.6. The van der Waals surface area contributed by atoms with E-state index in [1.807, 2.05) is 37.3 Å². The maximum atomic E-state index is 12.6. The maximum absolute atomic E-state index is 12.6. The Morgan fingerprint density at radius 2 is 1.18 bits per heavy atom. The molecule has 1 unspecified atom stereocenters. The number of allylic oxidation sites excluding steroid dienone is 10. The normalized spacial score (nSPS) is 15.8. The van der Waals surface area contributed by atoms with Crippen LogP contribution in [-0.4, -0.2) is 88.1 Å². The summed E-state index contributed by atoms with van der Waals surface area (Å²) in [7, 11) is -4.67. The number of ether oxygens (including phenoxy) is 2. The van der Waals surface area contributed by atoms with Gasteiger partial charge in [-0.2, -0.15) is 0 Å². The van der Waals surface area contributed by atoms with E-state index in [4.69, 9.17) is 19.1 Å². The number of carbonyl (C=O) groups is 2. The molecule has 0 aromatic carbocycles. The monoisotopic (exact) mass is 824 g/mol. The van der Waals surface area contributed by atoms with Crippen molar-refractivity contribution < 1.29 is 58.0 Å². The third kappa shape index (κ3) is 38.4. The van der Waals surface area contributed by atoms with Crippen LogP contribution in [0.25, 0.3) is 0 Å². The molecule has 0 aliphatic heterocycles. The fourth-order valence-electron chi connectivity index (χ4n) is 4.95. The quantitative estimate of drug-likeness (QED) is 0.0132. The zero-order valence-corrected chi connectivity index (χ0v) is 35.4. The van der Waals surface area contributed by atoms with Crippen LogP contribution in [0.4, 0.5) is 0 Å². The van der Waals surface area contributed by atoms with Crippen LogP contribution in [0.5, 0.6) is 0 Å². The van der Waals surface area contributed by atoms with E-state index in [0.717, 1.165) is 44.9 Å². The maximum Gasteiger partial charge on any atom is 0.472 e. The van der Waals surface area contributed by atoms with E-state index in [1.54, 1.807) is 42.5 Å². The molecule has 0 aliphatic carbocycles. The average Bonchev–Trinajstić information content (AvgIpc) is 3.19. The van der Waals surface area contributed by atoms with Crippen molar-refractivity contribution in [1.82, 2.24) is 0 Å². The zero-order valence-electron chi connectivity index (χ0n) is 34.5. The van der Waals surface area contributed by atoms with Crippen molar-refractivity contribution in [3.8, 4) is 0 Å². The summed E-state index contributed by atoms with van der Waals surface area (Å²) >= 11 is 0. The zero-order chi connectivity index (χ0) is 42.2. The van der Waals surface area contributed by atoms with Crippen LogP contribution >= 0.6 is 7.82 Å². The predicted octanol–water partition coefficient (Wildman–Crippen LogP) is 8.61. The summed E-state index contributed by atoms with van der Waals surface area (Å²) in [6, 6.07) is 0. The second-order valence-corrected chi connectivity index (χ2v) is 15.1. The van der Waals surface area contributed by atoms with E-state index in [2.05, 4.69) is 23.6 Å². The molecule has 0 saturated heterocycles. The van der Waals surface area contributed by atoms with Gasteiger partial charge in [-0.15, -0.1) is 0 Å². The number of aliphatic hydroxyl groups excluding tert-OH is 4. The van der Waals surface area contributed by atoms with Crippen LogP contribution in [0, 0.1) is 0 Å². The first-order chi connectivity index (χ1) is 27.5. The van der Waals surface area contributed by atoms with Gasteiger partial charge in [-0.3, -0.25) is 18.6 Å². The number of rotatable bonds is 37. The van der Waals surface area contributed by atoms with E-state index in [9.17, 15) is 34.4 Å². The van der Waals surface area contributed by atoms with E-state index >= 15 is 0 Å². The molecule has 12 nitrogen and oxygen atoms in total. The lowest BCUT2D eigenvalue weighted by Gasteiger charge is -2.20. The minimum atomic E-state index is -4.67. The summed E-state index contributed by atoms with van der Waals surface area (Å²) in [6.07, 6.45) is 37.7. The molecule has 0 bridgehead atoms. The average molecular weight is 825 g/mol. The van der Waals surface area contributed by atoms with Crippen LogP contribution in [0.3, 0.4) is 0 Å². The Bertz CT molecular complexity index is 1260. The van der Waals surface area contributed by atoms with E-state index in [0.29, 0.717) is 32.1 Å². The van der Waals surface area contributed by atoms with E-state index < -0.39 is 64.0 Å². The summed E-state index contributed by atoms with van der Waals surface area (Å²) in [5.41, 5.74) is 0. The Hall–Kier alpha value is -2.93. The molecule has 0 heterocycles. The summed E-state index contributed by atoms with van der Waals surface area (Å²) in [5.74, 6) is -1.11. The molecule has 0 aliphatic rings. The number of unbranched alkanes of at least 4 members (excludes halogenated alkanes) is 9. The summed E-state index contributed by atoms with van der Waals surface area (Å²) in [5, 5.41) is 38.2. The van der Waals surface area contributed by atoms with Crippen molar-refractivity contribution in [2.24, 2.45) is 0 Å². The highest BCUT2D eigenvalue weighted by Gasteiger charge is 2.27. The van der Waals surface area contributed by atoms with Gasteiger partial charge in [0.05, 0.1) is 32.0 Å². The van der Waals surface area contributed by atoms with Crippen LogP contribution in [0.15, 0.2) is 85.1 Å². The molecular formula is C44H73O12P. The van der Waals surface area contributed by atoms with Crippen molar-refractivity contribution in [2.75, 3.05) is 26.4 Å². The van der Waals surface area contributed by atoms with Crippen molar-refractivity contribution in [3.63, 3.8) is 0 Å². The molecule has 0 aromatic heterocycles. The fourth-order valence-corrected chi connectivity index (χ4v) is 5.74. The molecule has 0 fully saturated rings. The van der Waals surface area contributed by atoms with Gasteiger partial charge in [0.1, 0.15) is 12.7 Å². The molecule has 0 spiro atoms. The molecule has 57 heavy (non-hydrogen) atoms. The lowest BCUT2D eigenvalue weighted by atomic mass is 10.1. The molecule has 0 saturated carbocycles. The number of phosphoric ester groups is 1. The van der Waals surface area contributed by atoms with Gasteiger partial charge in [0.25, 0.3) is 0 Å². The van der Waals surface area contributed by atoms with Crippen molar-refractivity contribution in [3.05, 3.63) is 85.1 Å². The second kappa shape index (κ2) is 38.6. The predicted molar refractivity (Wildman–Crippen MR) is 226 cm³/mol. The Morgan fingerprint density at radius 3 is 1.81 bits per heavy atom. The molecule has 0 radical (unpaired) electrons. The first kappa shape index (κ1) is 54.1. The fraction of sp³-hybridized carbons (Fsp3) is 0.636. The van der Waals surface area contributed by atoms with Gasteiger partial charge in [-0.25, -0.2) is 4.57 Å². The number of carbonyl (C=O) groups excluding carboxylic acids is 2. The molecule has 13 heteroatoms. The number of phosphoric acid groups is 1. The standard InChI is InChI=1S/C44H73O12P/c1-3-5-7-8-9-10-11-12-13-14-15-19-27-33-43(49)53-37-42(38-55-57(51,52)54-36-41(48)35-45)56-44(50)34-28-20-17-16-18-24-30-40(47)32-26-22-21-25-31-39(46)29-23-6-4-2/h6,10-11,17-18,20-26,31-32,39-42,45-48H,3-5,7-9,12-16,19,27-30,33-38H2,1-2H3,(H,51,52)/b11-10-,20-17-,22-21-,23-6-,24-18-,31-25+,32-26+/t39-,40+,41-,42+/m0/s1. The number of hydrogen-bond donors (Lipinski definition) is 5. The van der Waals surface area contributed by atoms with Gasteiger partial charge in [-0.1, -0.05) is 137 Å². The minimum Gasteiger partial charge on any atom is -0.462 e. The highest BCUT2D eigenvalue weighted by atomic mass is 31.2. The van der Waals surface area contributed by atoms with Gasteiger partial charge in [0.2, 0.25) is 0 Å². The SMILES string of the molecule is CC/C=C\C[C@H](O)/C=C/C=C\C=C\[C@H](O)C/C=C\C/C=C\CCC(=O)O[C@H](COC(=O)CCCCCCC/C=C\CCCCCC)COP(=O)(O)OC[C@@H](O)CO. The second-order valence-electron chi connectivity index (χ2n) is 13.7. The Morgan fingerprint density at radius 1 is 0.614 bits per heavy atom. The highest BCUT2D eigenvalue weighted by molar-refractivity contribution is 7.47.